The highest BCUT2D eigenvalue weighted by Crippen LogP contribution is 2.17. The van der Waals surface area contributed by atoms with Crippen molar-refractivity contribution < 1.29 is 0 Å². The van der Waals surface area contributed by atoms with E-state index in [0.29, 0.717) is 0 Å². The van der Waals surface area contributed by atoms with Crippen LogP contribution in [0.25, 0.3) is 0 Å². The van der Waals surface area contributed by atoms with Crippen LogP contribution in [0.3, 0.4) is 0 Å². The third-order valence-electron chi connectivity index (χ3n) is 4.66. The Morgan fingerprint density at radius 3 is 2.22 bits per heavy atom. The van der Waals surface area contributed by atoms with Crippen molar-refractivity contribution in [2.45, 2.75) is 25.9 Å². The average Bonchev–Trinajstić information content (AvgIpc) is 2.63. The van der Waals surface area contributed by atoms with Crippen LogP contribution in [-0.4, -0.2) is 31.1 Å². The van der Waals surface area contributed by atoms with Crippen LogP contribution in [0.5, 0.6) is 0 Å². The van der Waals surface area contributed by atoms with Crippen molar-refractivity contribution in [3.8, 4) is 0 Å². The predicted octanol–water partition coefficient (Wildman–Crippen LogP) is 2.34. The van der Waals surface area contributed by atoms with Crippen molar-refractivity contribution in [1.82, 2.24) is 10.2 Å². The molecule has 0 spiro atoms. The molecule has 0 saturated carbocycles. The molecule has 0 aliphatic carbocycles. The van der Waals surface area contributed by atoms with Gasteiger partial charge in [-0.1, -0.05) is 48.5 Å². The molecule has 3 nitrogen and oxygen atoms in total. The summed E-state index contributed by atoms with van der Waals surface area (Å²) in [4.78, 5) is 2.42. The lowest BCUT2D eigenvalue weighted by Crippen LogP contribution is -2.34. The largest absolute Gasteiger partial charge is 0.329 e. The summed E-state index contributed by atoms with van der Waals surface area (Å²) in [5, 5.41) is 3.34. The highest BCUT2D eigenvalue weighted by molar-refractivity contribution is 5.29. The van der Waals surface area contributed by atoms with E-state index in [-0.39, 0.29) is 0 Å². The molecular formula is C20H27N3. The normalized spacial score (nSPS) is 16.7. The van der Waals surface area contributed by atoms with E-state index in [2.05, 4.69) is 58.7 Å². The maximum absolute atomic E-state index is 5.54. The molecule has 23 heavy (non-hydrogen) atoms. The number of nitrogens with zero attached hydrogens (tertiary/aromatic N) is 1. The highest BCUT2D eigenvalue weighted by Gasteiger charge is 2.13. The number of nitrogens with one attached hydrogen (secondary N) is 1. The third kappa shape index (κ3) is 4.41. The fourth-order valence-corrected chi connectivity index (χ4v) is 3.35. The second-order valence-corrected chi connectivity index (χ2v) is 6.28. The lowest BCUT2D eigenvalue weighted by Gasteiger charge is -2.28. The van der Waals surface area contributed by atoms with Gasteiger partial charge in [0.1, 0.15) is 0 Å². The Morgan fingerprint density at radius 2 is 1.52 bits per heavy atom. The smallest absolute Gasteiger partial charge is 0.0237 e. The van der Waals surface area contributed by atoms with Gasteiger partial charge in [-0.3, -0.25) is 4.90 Å². The Kier molecular flexibility index (Phi) is 5.81. The van der Waals surface area contributed by atoms with Crippen LogP contribution in [0.4, 0.5) is 0 Å². The Labute approximate surface area is 139 Å². The van der Waals surface area contributed by atoms with Crippen LogP contribution in [0.15, 0.2) is 48.5 Å². The Balaban J connectivity index is 0.000000140. The van der Waals surface area contributed by atoms with Crippen molar-refractivity contribution in [2.24, 2.45) is 5.73 Å². The Bertz CT molecular complexity index is 599. The zero-order chi connectivity index (χ0) is 15.9. The monoisotopic (exact) mass is 309 g/mol. The Hall–Kier alpha value is -1.68. The van der Waals surface area contributed by atoms with E-state index in [1.54, 1.807) is 0 Å². The van der Waals surface area contributed by atoms with E-state index in [1.165, 1.54) is 35.1 Å². The molecule has 0 saturated heterocycles. The van der Waals surface area contributed by atoms with E-state index in [4.69, 9.17) is 5.73 Å². The molecule has 0 radical (unpaired) electrons. The van der Waals surface area contributed by atoms with Gasteiger partial charge in [-0.25, -0.2) is 0 Å². The first-order valence-corrected chi connectivity index (χ1v) is 8.63. The summed E-state index contributed by atoms with van der Waals surface area (Å²) in [6.45, 7) is 6.21. The first kappa shape index (κ1) is 16.2. The minimum absolute atomic E-state index is 0.766. The SMILES string of the molecule is NCCN1CCc2ccccc2C1.c1ccc2c(c1)CCNC2. The average molecular weight is 309 g/mol. The molecule has 3 heteroatoms. The van der Waals surface area contributed by atoms with Gasteiger partial charge in [0.2, 0.25) is 0 Å². The van der Waals surface area contributed by atoms with Crippen molar-refractivity contribution in [2.75, 3.05) is 26.2 Å². The van der Waals surface area contributed by atoms with Crippen LogP contribution >= 0.6 is 0 Å². The molecule has 2 aromatic rings. The maximum Gasteiger partial charge on any atom is 0.0237 e. The molecule has 122 valence electrons. The number of benzene rings is 2. The first-order valence-electron chi connectivity index (χ1n) is 8.63. The van der Waals surface area contributed by atoms with Gasteiger partial charge in [-0.15, -0.1) is 0 Å². The summed E-state index contributed by atoms with van der Waals surface area (Å²) >= 11 is 0. The topological polar surface area (TPSA) is 41.3 Å². The molecule has 0 unspecified atom stereocenters. The summed E-state index contributed by atoms with van der Waals surface area (Å²) in [6, 6.07) is 17.3. The van der Waals surface area contributed by atoms with Crippen LogP contribution < -0.4 is 11.1 Å². The van der Waals surface area contributed by atoms with Gasteiger partial charge in [0.05, 0.1) is 0 Å². The summed E-state index contributed by atoms with van der Waals surface area (Å²) in [6.07, 6.45) is 2.37. The van der Waals surface area contributed by atoms with Crippen molar-refractivity contribution in [3.05, 3.63) is 70.8 Å². The Morgan fingerprint density at radius 1 is 0.870 bits per heavy atom. The minimum Gasteiger partial charge on any atom is -0.329 e. The summed E-state index contributed by atoms with van der Waals surface area (Å²) in [5.41, 5.74) is 11.5. The molecule has 2 aromatic carbocycles. The summed E-state index contributed by atoms with van der Waals surface area (Å²) in [7, 11) is 0. The maximum atomic E-state index is 5.54. The molecule has 0 atom stereocenters. The van der Waals surface area contributed by atoms with Crippen LogP contribution in [0.2, 0.25) is 0 Å². The minimum atomic E-state index is 0.766. The van der Waals surface area contributed by atoms with Gasteiger partial charge in [-0.2, -0.15) is 0 Å². The number of fused-ring (bicyclic) bond motifs is 2. The zero-order valence-electron chi connectivity index (χ0n) is 13.8. The number of nitrogens with two attached hydrogens (primary N) is 1. The van der Waals surface area contributed by atoms with Gasteiger partial charge in [-0.05, 0) is 41.6 Å². The fourth-order valence-electron chi connectivity index (χ4n) is 3.35. The number of hydrogen-bond acceptors (Lipinski definition) is 3. The molecule has 2 aliphatic rings. The molecule has 0 aromatic heterocycles. The van der Waals surface area contributed by atoms with Crippen LogP contribution in [0.1, 0.15) is 22.3 Å². The van der Waals surface area contributed by atoms with E-state index in [0.717, 1.165) is 39.3 Å². The van der Waals surface area contributed by atoms with Crippen LogP contribution in [-0.2, 0) is 25.9 Å². The number of rotatable bonds is 2. The number of hydrogen-bond donors (Lipinski definition) is 2. The molecule has 0 amide bonds. The van der Waals surface area contributed by atoms with Gasteiger partial charge in [0.15, 0.2) is 0 Å². The molecule has 0 bridgehead atoms. The van der Waals surface area contributed by atoms with Crippen molar-refractivity contribution in [1.29, 1.82) is 0 Å². The second kappa shape index (κ2) is 8.25. The zero-order valence-corrected chi connectivity index (χ0v) is 13.8. The lowest BCUT2D eigenvalue weighted by atomic mass is 10.0. The van der Waals surface area contributed by atoms with E-state index >= 15 is 0 Å². The van der Waals surface area contributed by atoms with Gasteiger partial charge in [0.25, 0.3) is 0 Å². The van der Waals surface area contributed by atoms with Gasteiger partial charge < -0.3 is 11.1 Å². The standard InChI is InChI=1S/C11H16N2.C9H11N/c12-6-8-13-7-5-10-3-1-2-4-11(10)9-13;1-2-4-9-7-10-6-5-8(9)3-1/h1-4H,5-9,12H2;1-4,10H,5-7H2. The van der Waals surface area contributed by atoms with E-state index < -0.39 is 0 Å². The molecule has 2 aliphatic heterocycles. The molecule has 3 N–H and O–H groups in total. The lowest BCUT2D eigenvalue weighted by molar-refractivity contribution is 0.261. The fraction of sp³-hybridized carbons (Fsp3) is 0.400. The molecular weight excluding hydrogens is 282 g/mol. The molecule has 0 fully saturated rings. The van der Waals surface area contributed by atoms with E-state index in [1.807, 2.05) is 0 Å². The summed E-state index contributed by atoms with van der Waals surface area (Å²) in [5.74, 6) is 0. The second-order valence-electron chi connectivity index (χ2n) is 6.28. The third-order valence-corrected chi connectivity index (χ3v) is 4.66. The van der Waals surface area contributed by atoms with E-state index in [9.17, 15) is 0 Å². The van der Waals surface area contributed by atoms with Crippen molar-refractivity contribution >= 4 is 0 Å². The van der Waals surface area contributed by atoms with Crippen LogP contribution in [0, 0.1) is 0 Å². The van der Waals surface area contributed by atoms with Gasteiger partial charge >= 0.3 is 0 Å². The van der Waals surface area contributed by atoms with Crippen molar-refractivity contribution in [3.63, 3.8) is 0 Å². The molecule has 4 rings (SSSR count). The summed E-state index contributed by atoms with van der Waals surface area (Å²) < 4.78 is 0. The molecule has 2 heterocycles. The quantitative estimate of drug-likeness (QED) is 0.895. The predicted molar refractivity (Wildman–Crippen MR) is 96.3 cm³/mol. The van der Waals surface area contributed by atoms with Gasteiger partial charge in [0, 0.05) is 32.7 Å². The highest BCUT2D eigenvalue weighted by atomic mass is 15.1. The first-order chi connectivity index (χ1) is 11.4.